The third-order valence-electron chi connectivity index (χ3n) is 3.79. The number of carbonyl (C=O) groups is 1. The van der Waals surface area contributed by atoms with Gasteiger partial charge in [0, 0.05) is 0 Å². The molecule has 0 saturated heterocycles. The van der Waals surface area contributed by atoms with E-state index in [1.165, 1.54) is 10.6 Å². The fourth-order valence-corrected chi connectivity index (χ4v) is 2.28. The number of rotatable bonds is 2. The lowest BCUT2D eigenvalue weighted by Gasteiger charge is -2.18. The first-order valence-electron chi connectivity index (χ1n) is 7.31. The molecule has 1 amide bonds. The van der Waals surface area contributed by atoms with Crippen molar-refractivity contribution in [2.45, 2.75) is 33.6 Å². The van der Waals surface area contributed by atoms with Crippen LogP contribution in [0.5, 0.6) is 0 Å². The van der Waals surface area contributed by atoms with Gasteiger partial charge in [0.2, 0.25) is 0 Å². The number of hydrogen-bond donors (Lipinski definition) is 0. The molecule has 22 heavy (non-hydrogen) atoms. The van der Waals surface area contributed by atoms with E-state index in [0.717, 1.165) is 17.0 Å². The molecule has 1 aromatic rings. The van der Waals surface area contributed by atoms with Gasteiger partial charge in [-0.3, -0.25) is 4.79 Å². The average Bonchev–Trinajstić information content (AvgIpc) is 2.76. The van der Waals surface area contributed by atoms with Gasteiger partial charge < -0.3 is 0 Å². The van der Waals surface area contributed by atoms with Crippen molar-refractivity contribution in [1.82, 2.24) is 5.01 Å². The molecule has 0 atom stereocenters. The SMILES string of the molecule is CC1=NC2=NC(=O)C(=Cc3ccc(C(C)C)cc3)N2N=C1C. The number of amides is 1. The second-order valence-electron chi connectivity index (χ2n) is 5.76. The predicted molar refractivity (Wildman–Crippen MR) is 89.0 cm³/mol. The van der Waals surface area contributed by atoms with Crippen molar-refractivity contribution in [2.24, 2.45) is 15.1 Å². The highest BCUT2D eigenvalue weighted by Gasteiger charge is 2.32. The lowest BCUT2D eigenvalue weighted by atomic mass is 10.0. The molecule has 0 saturated carbocycles. The van der Waals surface area contributed by atoms with Crippen LogP contribution in [0, 0.1) is 0 Å². The van der Waals surface area contributed by atoms with E-state index < -0.39 is 0 Å². The molecule has 2 aliphatic heterocycles. The van der Waals surface area contributed by atoms with E-state index >= 15 is 0 Å². The van der Waals surface area contributed by atoms with E-state index in [9.17, 15) is 4.79 Å². The van der Waals surface area contributed by atoms with Crippen LogP contribution in [0.2, 0.25) is 0 Å². The minimum atomic E-state index is -0.307. The standard InChI is InChI=1S/C17H18N4O/c1-10(2)14-7-5-13(6-8-14)9-15-16(22)19-17-18-11(3)12(4)20-21(15)17/h5-10H,1-4H3. The molecule has 2 heterocycles. The first-order chi connectivity index (χ1) is 10.5. The molecule has 0 aliphatic carbocycles. The van der Waals surface area contributed by atoms with Crippen LogP contribution in [0.3, 0.4) is 0 Å². The Morgan fingerprint density at radius 3 is 2.36 bits per heavy atom. The van der Waals surface area contributed by atoms with Crippen LogP contribution in [-0.2, 0) is 4.79 Å². The average molecular weight is 294 g/mol. The number of fused-ring (bicyclic) bond motifs is 1. The topological polar surface area (TPSA) is 57.4 Å². The lowest BCUT2D eigenvalue weighted by molar-refractivity contribution is -0.114. The van der Waals surface area contributed by atoms with Crippen molar-refractivity contribution < 1.29 is 4.79 Å². The molecule has 0 aromatic heterocycles. The molecule has 0 radical (unpaired) electrons. The van der Waals surface area contributed by atoms with Crippen LogP contribution >= 0.6 is 0 Å². The minimum Gasteiger partial charge on any atom is -0.265 e. The summed E-state index contributed by atoms with van der Waals surface area (Å²) in [5.74, 6) is 0.521. The molecule has 2 aliphatic rings. The number of guanidine groups is 1. The first kappa shape index (κ1) is 14.4. The van der Waals surface area contributed by atoms with E-state index in [4.69, 9.17) is 0 Å². The zero-order valence-corrected chi connectivity index (χ0v) is 13.2. The number of benzene rings is 1. The van der Waals surface area contributed by atoms with Gasteiger partial charge in [0.05, 0.1) is 11.4 Å². The Bertz CT molecular complexity index is 751. The number of hydrogen-bond acceptors (Lipinski definition) is 4. The van der Waals surface area contributed by atoms with Crippen molar-refractivity contribution in [1.29, 1.82) is 0 Å². The van der Waals surface area contributed by atoms with E-state index in [-0.39, 0.29) is 5.91 Å². The molecule has 0 spiro atoms. The second-order valence-corrected chi connectivity index (χ2v) is 5.76. The summed E-state index contributed by atoms with van der Waals surface area (Å²) < 4.78 is 0. The summed E-state index contributed by atoms with van der Waals surface area (Å²) >= 11 is 0. The highest BCUT2D eigenvalue weighted by Crippen LogP contribution is 2.24. The molecular weight excluding hydrogens is 276 g/mol. The Kier molecular flexibility index (Phi) is 3.48. The maximum absolute atomic E-state index is 12.1. The van der Waals surface area contributed by atoms with E-state index in [1.54, 1.807) is 6.08 Å². The van der Waals surface area contributed by atoms with Crippen molar-refractivity contribution in [3.8, 4) is 0 Å². The Morgan fingerprint density at radius 1 is 1.05 bits per heavy atom. The summed E-state index contributed by atoms with van der Waals surface area (Å²) in [4.78, 5) is 20.4. The van der Waals surface area contributed by atoms with Gasteiger partial charge in [-0.15, -0.1) is 0 Å². The molecule has 0 fully saturated rings. The number of carbonyl (C=O) groups excluding carboxylic acids is 1. The van der Waals surface area contributed by atoms with Gasteiger partial charge in [-0.05, 0) is 37.0 Å². The fourth-order valence-electron chi connectivity index (χ4n) is 2.28. The van der Waals surface area contributed by atoms with Crippen molar-refractivity contribution in [3.63, 3.8) is 0 Å². The summed E-state index contributed by atoms with van der Waals surface area (Å²) in [7, 11) is 0. The van der Waals surface area contributed by atoms with Gasteiger partial charge in [-0.1, -0.05) is 38.1 Å². The minimum absolute atomic E-state index is 0.307. The Morgan fingerprint density at radius 2 is 1.73 bits per heavy atom. The van der Waals surface area contributed by atoms with Gasteiger partial charge in [0.1, 0.15) is 5.70 Å². The highest BCUT2D eigenvalue weighted by atomic mass is 16.2. The fraction of sp³-hybridized carbons (Fsp3) is 0.294. The Balaban J connectivity index is 1.94. The summed E-state index contributed by atoms with van der Waals surface area (Å²) in [6.07, 6.45) is 1.80. The zero-order chi connectivity index (χ0) is 15.9. The van der Waals surface area contributed by atoms with Gasteiger partial charge in [-0.2, -0.15) is 15.1 Å². The molecule has 5 heteroatoms. The highest BCUT2D eigenvalue weighted by molar-refractivity contribution is 6.43. The van der Waals surface area contributed by atoms with Crippen LogP contribution in [0.25, 0.3) is 6.08 Å². The molecule has 0 unspecified atom stereocenters. The van der Waals surface area contributed by atoms with Crippen LogP contribution in [0.15, 0.2) is 45.0 Å². The van der Waals surface area contributed by atoms with Crippen molar-refractivity contribution in [2.75, 3.05) is 0 Å². The maximum atomic E-state index is 12.1. The number of hydrazone groups is 1. The van der Waals surface area contributed by atoms with Gasteiger partial charge in [0.15, 0.2) is 0 Å². The van der Waals surface area contributed by atoms with Crippen LogP contribution in [0.4, 0.5) is 0 Å². The molecule has 0 N–H and O–H groups in total. The molecule has 1 aromatic carbocycles. The Labute approximate surface area is 129 Å². The predicted octanol–water partition coefficient (Wildman–Crippen LogP) is 3.20. The van der Waals surface area contributed by atoms with Crippen LogP contribution in [-0.4, -0.2) is 28.3 Å². The summed E-state index contributed by atoms with van der Waals surface area (Å²) in [6, 6.07) is 8.15. The van der Waals surface area contributed by atoms with E-state index in [1.807, 2.05) is 26.0 Å². The monoisotopic (exact) mass is 294 g/mol. The largest absolute Gasteiger partial charge is 0.299 e. The van der Waals surface area contributed by atoms with Crippen LogP contribution < -0.4 is 0 Å². The quantitative estimate of drug-likeness (QED) is 0.786. The summed E-state index contributed by atoms with van der Waals surface area (Å²) in [5.41, 5.74) is 4.22. The summed E-state index contributed by atoms with van der Waals surface area (Å²) in [6.45, 7) is 8.03. The normalized spacial score (nSPS) is 19.3. The van der Waals surface area contributed by atoms with Gasteiger partial charge in [-0.25, -0.2) is 4.99 Å². The Hall–Kier alpha value is -2.56. The molecular formula is C17H18N4O. The molecule has 5 nitrogen and oxygen atoms in total. The van der Waals surface area contributed by atoms with Crippen molar-refractivity contribution >= 4 is 29.4 Å². The van der Waals surface area contributed by atoms with E-state index in [0.29, 0.717) is 17.6 Å². The maximum Gasteiger partial charge on any atom is 0.299 e. The third-order valence-corrected chi connectivity index (χ3v) is 3.79. The first-order valence-corrected chi connectivity index (χ1v) is 7.31. The number of nitrogens with zero attached hydrogens (tertiary/aromatic N) is 4. The van der Waals surface area contributed by atoms with Crippen molar-refractivity contribution in [3.05, 3.63) is 41.1 Å². The lowest BCUT2D eigenvalue weighted by Crippen LogP contribution is -2.28. The third kappa shape index (κ3) is 2.50. The van der Waals surface area contributed by atoms with Crippen LogP contribution in [0.1, 0.15) is 44.7 Å². The molecule has 112 valence electrons. The van der Waals surface area contributed by atoms with Gasteiger partial charge in [0.25, 0.3) is 11.9 Å². The smallest absolute Gasteiger partial charge is 0.265 e. The second kappa shape index (κ2) is 5.33. The zero-order valence-electron chi connectivity index (χ0n) is 13.2. The van der Waals surface area contributed by atoms with E-state index in [2.05, 4.69) is 41.1 Å². The van der Waals surface area contributed by atoms with Gasteiger partial charge >= 0.3 is 0 Å². The molecule has 3 rings (SSSR count). The molecule has 0 bridgehead atoms. The number of aliphatic imine (C=N–C) groups is 2. The summed E-state index contributed by atoms with van der Waals surface area (Å²) in [5, 5.41) is 5.91.